The highest BCUT2D eigenvalue weighted by molar-refractivity contribution is 7.90. The smallest absolute Gasteiger partial charge is 0.246 e. The van der Waals surface area contributed by atoms with Gasteiger partial charge in [0.1, 0.15) is 0 Å². The van der Waals surface area contributed by atoms with Crippen LogP contribution in [0.15, 0.2) is 51.9 Å². The van der Waals surface area contributed by atoms with Crippen LogP contribution in [-0.4, -0.2) is 24.8 Å². The Morgan fingerprint density at radius 3 is 2.68 bits per heavy atom. The molecule has 0 spiro atoms. The van der Waals surface area contributed by atoms with Crippen molar-refractivity contribution in [3.63, 3.8) is 0 Å². The van der Waals surface area contributed by atoms with Crippen LogP contribution in [0.1, 0.15) is 11.5 Å². The van der Waals surface area contributed by atoms with Gasteiger partial charge in [-0.2, -0.15) is 4.98 Å². The molecule has 0 bridgehead atoms. The van der Waals surface area contributed by atoms with Crippen LogP contribution in [0.4, 0.5) is 5.69 Å². The maximum atomic E-state index is 11.8. The number of sulfone groups is 1. The Morgan fingerprint density at radius 2 is 1.96 bits per heavy atom. The molecular formula is C17H16ClN3O3S. The first-order valence-electron chi connectivity index (χ1n) is 7.46. The van der Waals surface area contributed by atoms with E-state index in [1.54, 1.807) is 37.3 Å². The van der Waals surface area contributed by atoms with E-state index < -0.39 is 9.84 Å². The van der Waals surface area contributed by atoms with Gasteiger partial charge in [0.05, 0.1) is 11.4 Å². The molecule has 1 heterocycles. The van der Waals surface area contributed by atoms with Crippen LogP contribution in [0.2, 0.25) is 5.02 Å². The van der Waals surface area contributed by atoms with Gasteiger partial charge < -0.3 is 9.84 Å². The summed E-state index contributed by atoms with van der Waals surface area (Å²) in [6.07, 6.45) is 1.19. The molecule has 6 nitrogen and oxygen atoms in total. The molecule has 130 valence electrons. The van der Waals surface area contributed by atoms with Crippen molar-refractivity contribution in [1.82, 2.24) is 10.1 Å². The second-order valence-corrected chi connectivity index (χ2v) is 8.00. The number of hydrogen-bond acceptors (Lipinski definition) is 6. The molecule has 0 saturated carbocycles. The van der Waals surface area contributed by atoms with Crippen molar-refractivity contribution in [3.8, 4) is 11.4 Å². The Morgan fingerprint density at radius 1 is 1.20 bits per heavy atom. The van der Waals surface area contributed by atoms with Gasteiger partial charge in [0.25, 0.3) is 0 Å². The van der Waals surface area contributed by atoms with Crippen LogP contribution < -0.4 is 5.32 Å². The molecule has 0 aliphatic heterocycles. The van der Waals surface area contributed by atoms with Gasteiger partial charge in [-0.1, -0.05) is 35.0 Å². The lowest BCUT2D eigenvalue weighted by molar-refractivity contribution is 0.384. The van der Waals surface area contributed by atoms with Gasteiger partial charge in [0, 0.05) is 22.5 Å². The fraction of sp³-hybridized carbons (Fsp3) is 0.176. The summed E-state index contributed by atoms with van der Waals surface area (Å²) in [5, 5.41) is 7.66. The van der Waals surface area contributed by atoms with Crippen LogP contribution in [0.25, 0.3) is 11.4 Å². The van der Waals surface area contributed by atoms with Crippen LogP contribution in [0.3, 0.4) is 0 Å². The Hall–Kier alpha value is -2.38. The quantitative estimate of drug-likeness (QED) is 0.729. The fourth-order valence-electron chi connectivity index (χ4n) is 2.45. The topological polar surface area (TPSA) is 85.1 Å². The van der Waals surface area contributed by atoms with E-state index in [4.69, 9.17) is 16.1 Å². The van der Waals surface area contributed by atoms with Gasteiger partial charge in [-0.05, 0) is 36.8 Å². The zero-order chi connectivity index (χ0) is 18.0. The van der Waals surface area contributed by atoms with Crippen molar-refractivity contribution in [1.29, 1.82) is 0 Å². The molecule has 0 aliphatic rings. The van der Waals surface area contributed by atoms with Crippen LogP contribution in [0, 0.1) is 6.92 Å². The summed E-state index contributed by atoms with van der Waals surface area (Å²) >= 11 is 5.96. The zero-order valence-corrected chi connectivity index (χ0v) is 15.2. The average molecular weight is 378 g/mol. The highest BCUT2D eigenvalue weighted by atomic mass is 35.5. The molecule has 3 aromatic rings. The molecule has 25 heavy (non-hydrogen) atoms. The lowest BCUT2D eigenvalue weighted by atomic mass is 10.2. The van der Waals surface area contributed by atoms with Gasteiger partial charge in [-0.3, -0.25) is 0 Å². The second-order valence-electron chi connectivity index (χ2n) is 5.58. The first-order valence-corrected chi connectivity index (χ1v) is 9.73. The number of hydrogen-bond donors (Lipinski definition) is 1. The highest BCUT2D eigenvalue weighted by Crippen LogP contribution is 2.24. The number of benzene rings is 2. The average Bonchev–Trinajstić information content (AvgIpc) is 3.02. The molecule has 8 heteroatoms. The summed E-state index contributed by atoms with van der Waals surface area (Å²) in [7, 11) is -3.28. The summed E-state index contributed by atoms with van der Waals surface area (Å²) in [5.74, 6) is 0.833. The molecule has 0 atom stereocenters. The van der Waals surface area contributed by atoms with Crippen LogP contribution in [0.5, 0.6) is 0 Å². The maximum Gasteiger partial charge on any atom is 0.246 e. The maximum absolute atomic E-state index is 11.8. The molecule has 0 saturated heterocycles. The number of nitrogens with zero attached hydrogens (tertiary/aromatic N) is 2. The fourth-order valence-corrected chi connectivity index (χ4v) is 3.63. The van der Waals surface area contributed by atoms with E-state index in [0.29, 0.717) is 32.9 Å². The number of nitrogens with one attached hydrogen (secondary N) is 1. The number of anilines is 1. The molecule has 0 aliphatic carbocycles. The van der Waals surface area contributed by atoms with Crippen molar-refractivity contribution < 1.29 is 12.9 Å². The Kier molecular flexibility index (Phi) is 4.78. The molecule has 0 radical (unpaired) electrons. The third kappa shape index (κ3) is 4.00. The minimum Gasteiger partial charge on any atom is -0.376 e. The summed E-state index contributed by atoms with van der Waals surface area (Å²) in [5.41, 5.74) is 2.11. The van der Waals surface area contributed by atoms with E-state index in [1.165, 1.54) is 6.26 Å². The highest BCUT2D eigenvalue weighted by Gasteiger charge is 2.14. The number of aromatic nitrogens is 2. The minimum absolute atomic E-state index is 0.279. The Balaban J connectivity index is 1.77. The first kappa shape index (κ1) is 17.4. The molecule has 0 amide bonds. The predicted molar refractivity (Wildman–Crippen MR) is 96.4 cm³/mol. The van der Waals surface area contributed by atoms with Gasteiger partial charge in [-0.15, -0.1) is 0 Å². The Labute approximate surface area is 150 Å². The van der Waals surface area contributed by atoms with Gasteiger partial charge >= 0.3 is 0 Å². The van der Waals surface area contributed by atoms with Gasteiger partial charge in [0.15, 0.2) is 9.84 Å². The van der Waals surface area contributed by atoms with Crippen molar-refractivity contribution in [2.24, 2.45) is 0 Å². The van der Waals surface area contributed by atoms with E-state index in [2.05, 4.69) is 15.5 Å². The predicted octanol–water partition coefficient (Wildman–Crippen LogP) is 3.71. The van der Waals surface area contributed by atoms with E-state index in [0.717, 1.165) is 5.56 Å². The monoisotopic (exact) mass is 377 g/mol. The van der Waals surface area contributed by atoms with Crippen molar-refractivity contribution in [3.05, 3.63) is 58.9 Å². The van der Waals surface area contributed by atoms with Gasteiger partial charge in [0.2, 0.25) is 11.7 Å². The molecule has 1 N–H and O–H groups in total. The third-order valence-electron chi connectivity index (χ3n) is 3.66. The SMILES string of the molecule is Cc1c(NCc2nc(-c3cccc(Cl)c3)no2)cccc1S(C)(=O)=O. The summed E-state index contributed by atoms with van der Waals surface area (Å²) in [4.78, 5) is 4.61. The second kappa shape index (κ2) is 6.85. The van der Waals surface area contributed by atoms with Crippen molar-refractivity contribution in [2.75, 3.05) is 11.6 Å². The molecular weight excluding hydrogens is 362 g/mol. The molecule has 1 aromatic heterocycles. The third-order valence-corrected chi connectivity index (χ3v) is 5.14. The standard InChI is InChI=1S/C17H16ClN3O3S/c1-11-14(7-4-8-15(11)25(2,22)23)19-10-16-20-17(21-24-16)12-5-3-6-13(18)9-12/h3-9,19H,10H2,1-2H3. The minimum atomic E-state index is -3.28. The first-order chi connectivity index (χ1) is 11.8. The lowest BCUT2D eigenvalue weighted by Gasteiger charge is -2.10. The van der Waals surface area contributed by atoms with Crippen LogP contribution in [-0.2, 0) is 16.4 Å². The summed E-state index contributed by atoms with van der Waals surface area (Å²) < 4.78 is 28.8. The number of halogens is 1. The molecule has 0 unspecified atom stereocenters. The molecule has 3 rings (SSSR count). The normalized spacial score (nSPS) is 11.5. The number of rotatable bonds is 5. The zero-order valence-electron chi connectivity index (χ0n) is 13.7. The van der Waals surface area contributed by atoms with E-state index >= 15 is 0 Å². The van der Waals surface area contributed by atoms with Crippen LogP contribution >= 0.6 is 11.6 Å². The van der Waals surface area contributed by atoms with E-state index in [9.17, 15) is 8.42 Å². The summed E-state index contributed by atoms with van der Waals surface area (Å²) in [6, 6.07) is 12.3. The van der Waals surface area contributed by atoms with Crippen molar-refractivity contribution >= 4 is 27.1 Å². The van der Waals surface area contributed by atoms with E-state index in [1.807, 2.05) is 12.1 Å². The summed E-state index contributed by atoms with van der Waals surface area (Å²) in [6.45, 7) is 2.03. The molecule has 0 fully saturated rings. The largest absolute Gasteiger partial charge is 0.376 e. The van der Waals surface area contributed by atoms with Crippen molar-refractivity contribution in [2.45, 2.75) is 18.4 Å². The van der Waals surface area contributed by atoms with Gasteiger partial charge in [-0.25, -0.2) is 8.42 Å². The van der Waals surface area contributed by atoms with E-state index in [-0.39, 0.29) is 6.54 Å². The lowest BCUT2D eigenvalue weighted by Crippen LogP contribution is -2.05. The molecule has 2 aromatic carbocycles. The Bertz CT molecular complexity index is 1020.